The molecule has 0 saturated heterocycles. The van der Waals surface area contributed by atoms with Crippen LogP contribution in [0.4, 0.5) is 0 Å². The second kappa shape index (κ2) is 6.59. The van der Waals surface area contributed by atoms with E-state index in [1.54, 1.807) is 0 Å². The molecule has 22 heavy (non-hydrogen) atoms. The van der Waals surface area contributed by atoms with E-state index in [1.165, 1.54) is 6.92 Å². The Labute approximate surface area is 133 Å². The number of rotatable bonds is 5. The zero-order valence-electron chi connectivity index (χ0n) is 14.4. The minimum Gasteiger partial charge on any atom is -0.462 e. The van der Waals surface area contributed by atoms with Gasteiger partial charge < -0.3 is 9.47 Å². The Morgan fingerprint density at radius 3 is 2.32 bits per heavy atom. The van der Waals surface area contributed by atoms with Gasteiger partial charge in [0.2, 0.25) is 0 Å². The molecule has 2 saturated carbocycles. The molecule has 2 rings (SSSR count). The lowest BCUT2D eigenvalue weighted by Crippen LogP contribution is -2.47. The number of esters is 2. The quantitative estimate of drug-likeness (QED) is 0.720. The molecule has 126 valence electrons. The summed E-state index contributed by atoms with van der Waals surface area (Å²) in [4.78, 5) is 24.0. The molecule has 0 aromatic rings. The monoisotopic (exact) mass is 310 g/mol. The summed E-state index contributed by atoms with van der Waals surface area (Å²) in [6, 6.07) is 0. The molecule has 4 nitrogen and oxygen atoms in total. The molecule has 0 heterocycles. The second-order valence-electron chi connectivity index (χ2n) is 7.58. The highest BCUT2D eigenvalue weighted by atomic mass is 16.6. The first-order valence-electron chi connectivity index (χ1n) is 8.71. The predicted molar refractivity (Wildman–Crippen MR) is 84.3 cm³/mol. The van der Waals surface area contributed by atoms with E-state index >= 15 is 0 Å². The van der Waals surface area contributed by atoms with E-state index in [9.17, 15) is 9.59 Å². The fraction of sp³-hybridized carbons (Fsp3) is 0.889. The Morgan fingerprint density at radius 1 is 1.14 bits per heavy atom. The second-order valence-corrected chi connectivity index (χ2v) is 7.58. The van der Waals surface area contributed by atoms with Crippen molar-refractivity contribution >= 4 is 11.9 Å². The maximum atomic E-state index is 12.6. The Morgan fingerprint density at radius 2 is 1.77 bits per heavy atom. The SMILES string of the molecule is CCC(C)(C)C(=O)OC1(C2CCCC2OC(C)=O)CCCC1. The molecule has 2 unspecified atom stereocenters. The van der Waals surface area contributed by atoms with Gasteiger partial charge in [-0.25, -0.2) is 0 Å². The molecule has 0 N–H and O–H groups in total. The van der Waals surface area contributed by atoms with Crippen molar-refractivity contribution in [2.75, 3.05) is 0 Å². The maximum absolute atomic E-state index is 12.6. The van der Waals surface area contributed by atoms with Crippen molar-refractivity contribution in [2.24, 2.45) is 11.3 Å². The van der Waals surface area contributed by atoms with Crippen LogP contribution in [0, 0.1) is 11.3 Å². The van der Waals surface area contributed by atoms with Crippen LogP contribution in [-0.4, -0.2) is 23.6 Å². The molecule has 2 fully saturated rings. The average molecular weight is 310 g/mol. The van der Waals surface area contributed by atoms with Crippen molar-refractivity contribution in [1.29, 1.82) is 0 Å². The van der Waals surface area contributed by atoms with E-state index in [-0.39, 0.29) is 24.0 Å². The minimum atomic E-state index is -0.453. The summed E-state index contributed by atoms with van der Waals surface area (Å²) in [5.74, 6) is -0.175. The van der Waals surface area contributed by atoms with Crippen molar-refractivity contribution in [2.45, 2.75) is 90.8 Å². The van der Waals surface area contributed by atoms with E-state index in [1.807, 2.05) is 20.8 Å². The molecule has 0 aromatic carbocycles. The van der Waals surface area contributed by atoms with Crippen LogP contribution >= 0.6 is 0 Å². The lowest BCUT2D eigenvalue weighted by Gasteiger charge is -2.39. The first kappa shape index (κ1) is 17.3. The average Bonchev–Trinajstić information content (AvgIpc) is 3.08. The molecular weight excluding hydrogens is 280 g/mol. The molecule has 0 aromatic heterocycles. The van der Waals surface area contributed by atoms with E-state index in [0.29, 0.717) is 0 Å². The molecule has 0 radical (unpaired) electrons. The van der Waals surface area contributed by atoms with Crippen LogP contribution < -0.4 is 0 Å². The highest BCUT2D eigenvalue weighted by Gasteiger charge is 2.51. The molecular formula is C18H30O4. The lowest BCUT2D eigenvalue weighted by atomic mass is 9.82. The van der Waals surface area contributed by atoms with Crippen LogP contribution in [0.2, 0.25) is 0 Å². The Bertz CT molecular complexity index is 421. The number of hydrogen-bond donors (Lipinski definition) is 0. The van der Waals surface area contributed by atoms with Crippen LogP contribution in [0.5, 0.6) is 0 Å². The first-order valence-corrected chi connectivity index (χ1v) is 8.71. The first-order chi connectivity index (χ1) is 10.3. The van der Waals surface area contributed by atoms with Crippen LogP contribution in [-0.2, 0) is 19.1 Å². The molecule has 2 aliphatic carbocycles. The summed E-state index contributed by atoms with van der Waals surface area (Å²) in [5.41, 5.74) is -0.870. The van der Waals surface area contributed by atoms with Gasteiger partial charge in [0.1, 0.15) is 11.7 Å². The van der Waals surface area contributed by atoms with Crippen molar-refractivity contribution in [3.8, 4) is 0 Å². The van der Waals surface area contributed by atoms with Gasteiger partial charge >= 0.3 is 11.9 Å². The number of hydrogen-bond acceptors (Lipinski definition) is 4. The summed E-state index contributed by atoms with van der Waals surface area (Å²) in [6.07, 6.45) is 7.57. The highest BCUT2D eigenvalue weighted by Crippen LogP contribution is 2.48. The van der Waals surface area contributed by atoms with Crippen molar-refractivity contribution in [3.05, 3.63) is 0 Å². The standard InChI is InChI=1S/C18H30O4/c1-5-17(3,4)16(20)22-18(11-6-7-12-18)14-9-8-10-15(14)21-13(2)19/h14-15H,5-12H2,1-4H3. The minimum absolute atomic E-state index is 0.0897. The summed E-state index contributed by atoms with van der Waals surface area (Å²) in [6.45, 7) is 7.36. The highest BCUT2D eigenvalue weighted by molar-refractivity contribution is 5.76. The van der Waals surface area contributed by atoms with Crippen molar-refractivity contribution < 1.29 is 19.1 Å². The molecule has 0 spiro atoms. The van der Waals surface area contributed by atoms with Gasteiger partial charge in [-0.15, -0.1) is 0 Å². The Hall–Kier alpha value is -1.06. The van der Waals surface area contributed by atoms with E-state index < -0.39 is 11.0 Å². The third kappa shape index (κ3) is 3.47. The predicted octanol–water partition coefficient (Wildman–Crippen LogP) is 4.01. The van der Waals surface area contributed by atoms with Crippen LogP contribution in [0.1, 0.15) is 79.1 Å². The van der Waals surface area contributed by atoms with Crippen LogP contribution in [0.15, 0.2) is 0 Å². The van der Waals surface area contributed by atoms with Crippen molar-refractivity contribution in [1.82, 2.24) is 0 Å². The van der Waals surface area contributed by atoms with Gasteiger partial charge in [0, 0.05) is 12.8 Å². The molecule has 0 bridgehead atoms. The number of carbonyl (C=O) groups is 2. The third-order valence-corrected chi connectivity index (χ3v) is 5.63. The fourth-order valence-corrected chi connectivity index (χ4v) is 3.87. The zero-order chi connectivity index (χ0) is 16.4. The van der Waals surface area contributed by atoms with Gasteiger partial charge in [-0.3, -0.25) is 9.59 Å². The van der Waals surface area contributed by atoms with Gasteiger partial charge in [-0.1, -0.05) is 6.92 Å². The molecule has 2 atom stereocenters. The Kier molecular flexibility index (Phi) is 5.18. The Balaban J connectivity index is 2.17. The molecule has 0 amide bonds. The topological polar surface area (TPSA) is 52.6 Å². The third-order valence-electron chi connectivity index (χ3n) is 5.63. The zero-order valence-corrected chi connectivity index (χ0v) is 14.4. The van der Waals surface area contributed by atoms with Gasteiger partial charge in [0.05, 0.1) is 5.41 Å². The van der Waals surface area contributed by atoms with Crippen LogP contribution in [0.3, 0.4) is 0 Å². The fourth-order valence-electron chi connectivity index (χ4n) is 3.87. The molecule has 0 aliphatic heterocycles. The summed E-state index contributed by atoms with van der Waals surface area (Å²) in [7, 11) is 0. The van der Waals surface area contributed by atoms with E-state index in [2.05, 4.69) is 0 Å². The maximum Gasteiger partial charge on any atom is 0.312 e. The summed E-state index contributed by atoms with van der Waals surface area (Å²) >= 11 is 0. The summed E-state index contributed by atoms with van der Waals surface area (Å²) in [5, 5.41) is 0. The normalized spacial score (nSPS) is 27.6. The number of carbonyl (C=O) groups excluding carboxylic acids is 2. The van der Waals surface area contributed by atoms with E-state index in [4.69, 9.17) is 9.47 Å². The number of ether oxygens (including phenoxy) is 2. The van der Waals surface area contributed by atoms with Gasteiger partial charge in [0.15, 0.2) is 0 Å². The smallest absolute Gasteiger partial charge is 0.312 e. The van der Waals surface area contributed by atoms with Gasteiger partial charge in [-0.2, -0.15) is 0 Å². The van der Waals surface area contributed by atoms with Gasteiger partial charge in [0.25, 0.3) is 0 Å². The molecule has 2 aliphatic rings. The van der Waals surface area contributed by atoms with Crippen LogP contribution in [0.25, 0.3) is 0 Å². The van der Waals surface area contributed by atoms with Gasteiger partial charge in [-0.05, 0) is 65.2 Å². The summed E-state index contributed by atoms with van der Waals surface area (Å²) < 4.78 is 11.6. The molecule has 4 heteroatoms. The van der Waals surface area contributed by atoms with E-state index in [0.717, 1.165) is 51.4 Å². The lowest BCUT2D eigenvalue weighted by molar-refractivity contribution is -0.183. The largest absolute Gasteiger partial charge is 0.462 e. The van der Waals surface area contributed by atoms with Crippen molar-refractivity contribution in [3.63, 3.8) is 0 Å².